The molecule has 0 aliphatic rings. The summed E-state index contributed by atoms with van der Waals surface area (Å²) < 4.78 is 0. The minimum absolute atomic E-state index is 0.0643. The van der Waals surface area contributed by atoms with Crippen LogP contribution in [0.25, 0.3) is 0 Å². The van der Waals surface area contributed by atoms with Gasteiger partial charge < -0.3 is 16.2 Å². The molecular weight excluding hydrogens is 224 g/mol. The van der Waals surface area contributed by atoms with Gasteiger partial charge in [0.15, 0.2) is 0 Å². The van der Waals surface area contributed by atoms with Crippen molar-refractivity contribution in [1.29, 1.82) is 0 Å². The summed E-state index contributed by atoms with van der Waals surface area (Å²) in [6.07, 6.45) is 1.99. The molecule has 88 valence electrons. The number of nitrogens with one attached hydrogen (secondary N) is 1. The molecule has 0 radical (unpaired) electrons. The van der Waals surface area contributed by atoms with Crippen molar-refractivity contribution in [3.05, 3.63) is 23.8 Å². The Morgan fingerprint density at radius 3 is 2.88 bits per heavy atom. The van der Waals surface area contributed by atoms with Crippen LogP contribution in [0.15, 0.2) is 18.2 Å². The van der Waals surface area contributed by atoms with E-state index < -0.39 is 0 Å². The summed E-state index contributed by atoms with van der Waals surface area (Å²) in [6, 6.07) is 4.48. The number of nitrogens with two attached hydrogens (primary N) is 1. The number of hydrogen-bond acceptors (Lipinski definition) is 4. The van der Waals surface area contributed by atoms with E-state index in [4.69, 9.17) is 5.73 Å². The highest BCUT2D eigenvalue weighted by Crippen LogP contribution is 2.20. The molecule has 5 heteroatoms. The first-order valence-electron chi connectivity index (χ1n) is 4.94. The van der Waals surface area contributed by atoms with E-state index in [9.17, 15) is 9.90 Å². The van der Waals surface area contributed by atoms with E-state index in [0.717, 1.165) is 0 Å². The number of hydrogen-bond donors (Lipinski definition) is 3. The molecule has 0 aliphatic carbocycles. The lowest BCUT2D eigenvalue weighted by Crippen LogP contribution is -2.29. The minimum Gasteiger partial charge on any atom is -0.506 e. The first-order chi connectivity index (χ1) is 7.54. The van der Waals surface area contributed by atoms with Gasteiger partial charge in [0.1, 0.15) is 5.75 Å². The van der Waals surface area contributed by atoms with Crippen LogP contribution in [-0.2, 0) is 0 Å². The van der Waals surface area contributed by atoms with Crippen LogP contribution in [0.5, 0.6) is 5.75 Å². The smallest absolute Gasteiger partial charge is 0.251 e. The number of aromatic hydroxyl groups is 1. The van der Waals surface area contributed by atoms with Gasteiger partial charge in [0.25, 0.3) is 5.91 Å². The number of amides is 1. The topological polar surface area (TPSA) is 75.4 Å². The molecule has 0 spiro atoms. The number of phenols is 1. The van der Waals surface area contributed by atoms with E-state index >= 15 is 0 Å². The third-order valence-electron chi connectivity index (χ3n) is 2.25. The summed E-state index contributed by atoms with van der Waals surface area (Å²) in [5, 5.41) is 12.5. The van der Waals surface area contributed by atoms with Gasteiger partial charge in [-0.05, 0) is 24.5 Å². The van der Waals surface area contributed by atoms with Crippen molar-refractivity contribution in [2.45, 2.75) is 12.2 Å². The van der Waals surface area contributed by atoms with Crippen LogP contribution in [0, 0.1) is 0 Å². The maximum Gasteiger partial charge on any atom is 0.251 e. The largest absolute Gasteiger partial charge is 0.506 e. The summed E-state index contributed by atoms with van der Waals surface area (Å²) in [5.41, 5.74) is 6.14. The van der Waals surface area contributed by atoms with Crippen molar-refractivity contribution in [3.63, 3.8) is 0 Å². The Kier molecular flexibility index (Phi) is 4.49. The first-order valence-corrected chi connectivity index (χ1v) is 6.23. The Morgan fingerprint density at radius 2 is 2.31 bits per heavy atom. The van der Waals surface area contributed by atoms with Gasteiger partial charge in [-0.2, -0.15) is 11.8 Å². The molecule has 1 aromatic carbocycles. The van der Waals surface area contributed by atoms with Crippen molar-refractivity contribution in [2.75, 3.05) is 18.5 Å². The normalized spacial score (nSPS) is 12.1. The molecule has 1 atom stereocenters. The van der Waals surface area contributed by atoms with Crippen molar-refractivity contribution < 1.29 is 9.90 Å². The molecule has 0 aromatic heterocycles. The zero-order valence-corrected chi connectivity index (χ0v) is 10.2. The fourth-order valence-corrected chi connectivity index (χ4v) is 1.36. The van der Waals surface area contributed by atoms with Crippen LogP contribution in [0.4, 0.5) is 5.69 Å². The number of thioether (sulfide) groups is 1. The SMILES string of the molecule is CSC(C)CNC(=O)c1ccc(N)c(O)c1. The second-order valence-electron chi connectivity index (χ2n) is 3.53. The third kappa shape index (κ3) is 3.34. The zero-order valence-electron chi connectivity index (χ0n) is 9.36. The van der Waals surface area contributed by atoms with E-state index in [2.05, 4.69) is 5.32 Å². The molecule has 0 heterocycles. The summed E-state index contributed by atoms with van der Waals surface area (Å²) in [5.74, 6) is -0.262. The van der Waals surface area contributed by atoms with Gasteiger partial charge in [0.05, 0.1) is 5.69 Å². The van der Waals surface area contributed by atoms with Crippen LogP contribution in [0.1, 0.15) is 17.3 Å². The van der Waals surface area contributed by atoms with Gasteiger partial charge in [-0.15, -0.1) is 0 Å². The number of nitrogen functional groups attached to an aromatic ring is 1. The molecule has 1 rings (SSSR count). The first kappa shape index (κ1) is 12.7. The minimum atomic E-state index is -0.198. The molecule has 1 amide bonds. The Hall–Kier alpha value is -1.36. The predicted octanol–water partition coefficient (Wildman–Crippen LogP) is 1.46. The number of rotatable bonds is 4. The summed E-state index contributed by atoms with van der Waals surface area (Å²) >= 11 is 1.68. The quantitative estimate of drug-likeness (QED) is 0.550. The van der Waals surface area contributed by atoms with Gasteiger partial charge in [0, 0.05) is 17.4 Å². The Balaban J connectivity index is 2.63. The third-order valence-corrected chi connectivity index (χ3v) is 3.22. The highest BCUT2D eigenvalue weighted by Gasteiger charge is 2.08. The molecule has 0 saturated heterocycles. The maximum atomic E-state index is 11.7. The van der Waals surface area contributed by atoms with Gasteiger partial charge in [-0.25, -0.2) is 0 Å². The molecule has 0 fully saturated rings. The van der Waals surface area contributed by atoms with Gasteiger partial charge in [-0.1, -0.05) is 6.92 Å². The molecular formula is C11H16N2O2S. The average Bonchev–Trinajstić information content (AvgIpc) is 2.29. The van der Waals surface area contributed by atoms with E-state index in [1.165, 1.54) is 12.1 Å². The monoisotopic (exact) mass is 240 g/mol. The molecule has 0 saturated carbocycles. The van der Waals surface area contributed by atoms with Crippen LogP contribution in [0.3, 0.4) is 0 Å². The van der Waals surface area contributed by atoms with Crippen LogP contribution < -0.4 is 11.1 Å². The maximum absolute atomic E-state index is 11.7. The standard InChI is InChI=1S/C11H16N2O2S/c1-7(16-2)6-13-11(15)8-3-4-9(12)10(14)5-8/h3-5,7,14H,6,12H2,1-2H3,(H,13,15). The molecule has 1 aromatic rings. The Labute approximate surface area is 99.2 Å². The Morgan fingerprint density at radius 1 is 1.62 bits per heavy atom. The van der Waals surface area contributed by atoms with Crippen LogP contribution in [0.2, 0.25) is 0 Å². The van der Waals surface area contributed by atoms with E-state index in [-0.39, 0.29) is 17.3 Å². The lowest BCUT2D eigenvalue weighted by Gasteiger charge is -2.10. The van der Waals surface area contributed by atoms with Crippen LogP contribution in [-0.4, -0.2) is 29.1 Å². The molecule has 4 nitrogen and oxygen atoms in total. The highest BCUT2D eigenvalue weighted by molar-refractivity contribution is 7.99. The summed E-state index contributed by atoms with van der Waals surface area (Å²) in [6.45, 7) is 2.64. The zero-order chi connectivity index (χ0) is 12.1. The molecule has 0 bridgehead atoms. The average molecular weight is 240 g/mol. The fraction of sp³-hybridized carbons (Fsp3) is 0.364. The van der Waals surface area contributed by atoms with E-state index in [1.807, 2.05) is 13.2 Å². The second-order valence-corrected chi connectivity index (χ2v) is 4.81. The van der Waals surface area contributed by atoms with Crippen molar-refractivity contribution in [3.8, 4) is 5.75 Å². The lowest BCUT2D eigenvalue weighted by molar-refractivity contribution is 0.0954. The number of anilines is 1. The highest BCUT2D eigenvalue weighted by atomic mass is 32.2. The van der Waals surface area contributed by atoms with Crippen molar-refractivity contribution >= 4 is 23.4 Å². The van der Waals surface area contributed by atoms with Gasteiger partial charge in [-0.3, -0.25) is 4.79 Å². The predicted molar refractivity (Wildman–Crippen MR) is 67.8 cm³/mol. The summed E-state index contributed by atoms with van der Waals surface area (Å²) in [7, 11) is 0. The van der Waals surface area contributed by atoms with Crippen molar-refractivity contribution in [2.24, 2.45) is 0 Å². The molecule has 4 N–H and O–H groups in total. The van der Waals surface area contributed by atoms with Gasteiger partial charge in [0.2, 0.25) is 0 Å². The van der Waals surface area contributed by atoms with E-state index in [1.54, 1.807) is 17.8 Å². The van der Waals surface area contributed by atoms with E-state index in [0.29, 0.717) is 17.4 Å². The fourth-order valence-electron chi connectivity index (χ4n) is 1.11. The number of carbonyl (C=O) groups excluding carboxylic acids is 1. The number of carbonyl (C=O) groups is 1. The number of benzene rings is 1. The molecule has 0 aliphatic heterocycles. The Bertz CT molecular complexity index is 382. The molecule has 16 heavy (non-hydrogen) atoms. The lowest BCUT2D eigenvalue weighted by atomic mass is 10.2. The van der Waals surface area contributed by atoms with Crippen molar-refractivity contribution in [1.82, 2.24) is 5.32 Å². The number of phenolic OH excluding ortho intramolecular Hbond substituents is 1. The molecule has 1 unspecified atom stereocenters. The summed E-state index contributed by atoms with van der Waals surface area (Å²) in [4.78, 5) is 11.7. The second kappa shape index (κ2) is 5.65. The van der Waals surface area contributed by atoms with Gasteiger partial charge >= 0.3 is 0 Å². The van der Waals surface area contributed by atoms with Crippen LogP contribution >= 0.6 is 11.8 Å².